The summed E-state index contributed by atoms with van der Waals surface area (Å²) in [7, 11) is 1.89. The van der Waals surface area contributed by atoms with Gasteiger partial charge in [-0.1, -0.05) is 12.1 Å². The molecule has 0 spiro atoms. The van der Waals surface area contributed by atoms with E-state index in [9.17, 15) is 0 Å². The minimum absolute atomic E-state index is 0.440. The van der Waals surface area contributed by atoms with E-state index in [2.05, 4.69) is 15.3 Å². The van der Waals surface area contributed by atoms with Crippen LogP contribution < -0.4 is 11.1 Å². The van der Waals surface area contributed by atoms with Crippen LogP contribution in [0.3, 0.4) is 0 Å². The Kier molecular flexibility index (Phi) is 2.10. The Bertz CT molecular complexity index is 433. The van der Waals surface area contributed by atoms with E-state index >= 15 is 0 Å². The first-order valence-corrected chi connectivity index (χ1v) is 4.38. The molecule has 1 aromatic carbocycles. The molecule has 4 N–H and O–H groups in total. The van der Waals surface area contributed by atoms with Gasteiger partial charge in [-0.2, -0.15) is 0 Å². The van der Waals surface area contributed by atoms with Crippen LogP contribution in [-0.4, -0.2) is 17.0 Å². The molecule has 72 valence electrons. The van der Waals surface area contributed by atoms with Gasteiger partial charge in [0.2, 0.25) is 0 Å². The maximum absolute atomic E-state index is 5.50. The van der Waals surface area contributed by atoms with E-state index in [1.54, 1.807) is 6.20 Å². The van der Waals surface area contributed by atoms with E-state index in [0.29, 0.717) is 5.95 Å². The van der Waals surface area contributed by atoms with Crippen molar-refractivity contribution in [3.63, 3.8) is 0 Å². The molecule has 0 aliphatic heterocycles. The SMILES string of the molecule is CNc1cccc(-c2cnc(N)[nH]2)c1. The molecule has 0 atom stereocenters. The molecule has 2 aromatic rings. The summed E-state index contributed by atoms with van der Waals surface area (Å²) in [6.07, 6.45) is 1.73. The van der Waals surface area contributed by atoms with E-state index in [4.69, 9.17) is 5.73 Å². The molecule has 0 aliphatic rings. The number of benzene rings is 1. The Morgan fingerprint density at radius 1 is 1.43 bits per heavy atom. The van der Waals surface area contributed by atoms with E-state index < -0.39 is 0 Å². The Hall–Kier alpha value is -1.97. The molecule has 1 aromatic heterocycles. The van der Waals surface area contributed by atoms with Gasteiger partial charge in [0.25, 0.3) is 0 Å². The molecule has 0 unspecified atom stereocenters. The van der Waals surface area contributed by atoms with Gasteiger partial charge in [0, 0.05) is 18.3 Å². The Balaban J connectivity index is 2.41. The number of hydrogen-bond donors (Lipinski definition) is 3. The van der Waals surface area contributed by atoms with E-state index in [-0.39, 0.29) is 0 Å². The number of H-pyrrole nitrogens is 1. The molecule has 2 rings (SSSR count). The van der Waals surface area contributed by atoms with E-state index in [1.165, 1.54) is 0 Å². The zero-order valence-electron chi connectivity index (χ0n) is 7.91. The molecule has 0 amide bonds. The summed E-state index contributed by atoms with van der Waals surface area (Å²) in [6.45, 7) is 0. The normalized spacial score (nSPS) is 10.1. The quantitative estimate of drug-likeness (QED) is 0.672. The third-order valence-corrected chi connectivity index (χ3v) is 2.06. The summed E-state index contributed by atoms with van der Waals surface area (Å²) in [4.78, 5) is 6.93. The third kappa shape index (κ3) is 1.54. The molecular formula is C10H12N4. The highest BCUT2D eigenvalue weighted by atomic mass is 15.0. The monoisotopic (exact) mass is 188 g/mol. The maximum atomic E-state index is 5.50. The number of aromatic amines is 1. The van der Waals surface area contributed by atoms with Crippen LogP contribution in [0.4, 0.5) is 11.6 Å². The van der Waals surface area contributed by atoms with Gasteiger partial charge in [0.1, 0.15) is 0 Å². The van der Waals surface area contributed by atoms with Crippen molar-refractivity contribution < 1.29 is 0 Å². The average Bonchev–Trinajstić information content (AvgIpc) is 2.65. The van der Waals surface area contributed by atoms with Crippen molar-refractivity contribution in [1.29, 1.82) is 0 Å². The van der Waals surface area contributed by atoms with Crippen molar-refractivity contribution in [3.8, 4) is 11.3 Å². The van der Waals surface area contributed by atoms with Crippen LogP contribution in [0.5, 0.6) is 0 Å². The average molecular weight is 188 g/mol. The number of nitrogens with one attached hydrogen (secondary N) is 2. The number of hydrogen-bond acceptors (Lipinski definition) is 3. The summed E-state index contributed by atoms with van der Waals surface area (Å²) < 4.78 is 0. The van der Waals surface area contributed by atoms with Gasteiger partial charge in [-0.05, 0) is 12.1 Å². The predicted molar refractivity (Wildman–Crippen MR) is 58.0 cm³/mol. The first-order valence-electron chi connectivity index (χ1n) is 4.38. The van der Waals surface area contributed by atoms with Crippen molar-refractivity contribution in [2.24, 2.45) is 0 Å². The Morgan fingerprint density at radius 2 is 2.29 bits per heavy atom. The van der Waals surface area contributed by atoms with Gasteiger partial charge in [-0.15, -0.1) is 0 Å². The summed E-state index contributed by atoms with van der Waals surface area (Å²) in [6, 6.07) is 8.03. The molecule has 0 fully saturated rings. The van der Waals surface area contributed by atoms with Crippen molar-refractivity contribution in [2.75, 3.05) is 18.1 Å². The highest BCUT2D eigenvalue weighted by Crippen LogP contribution is 2.20. The van der Waals surface area contributed by atoms with Gasteiger partial charge in [0.15, 0.2) is 5.95 Å². The lowest BCUT2D eigenvalue weighted by Crippen LogP contribution is -1.88. The molecule has 4 heteroatoms. The zero-order valence-corrected chi connectivity index (χ0v) is 7.91. The molecule has 0 radical (unpaired) electrons. The summed E-state index contributed by atoms with van der Waals surface area (Å²) in [5.41, 5.74) is 8.57. The highest BCUT2D eigenvalue weighted by Gasteiger charge is 2.00. The third-order valence-electron chi connectivity index (χ3n) is 2.06. The molecule has 0 aliphatic carbocycles. The number of aromatic nitrogens is 2. The summed E-state index contributed by atoms with van der Waals surface area (Å²) in [5, 5.41) is 3.08. The van der Waals surface area contributed by atoms with Gasteiger partial charge in [-0.3, -0.25) is 0 Å². The lowest BCUT2D eigenvalue weighted by molar-refractivity contribution is 1.32. The number of nitrogen functional groups attached to an aromatic ring is 1. The standard InChI is InChI=1S/C10H12N4/c1-12-8-4-2-3-7(5-8)9-6-13-10(11)14-9/h2-6,12H,1H3,(H3,11,13,14). The molecule has 4 nitrogen and oxygen atoms in total. The summed E-state index contributed by atoms with van der Waals surface area (Å²) in [5.74, 6) is 0.440. The van der Waals surface area contributed by atoms with Crippen LogP contribution in [0.25, 0.3) is 11.3 Å². The lowest BCUT2D eigenvalue weighted by atomic mass is 10.1. The second-order valence-electron chi connectivity index (χ2n) is 3.01. The van der Waals surface area contributed by atoms with E-state index in [1.807, 2.05) is 31.3 Å². The number of nitrogens with zero attached hydrogens (tertiary/aromatic N) is 1. The van der Waals surface area contributed by atoms with Crippen LogP contribution in [0.2, 0.25) is 0 Å². The summed E-state index contributed by atoms with van der Waals surface area (Å²) >= 11 is 0. The van der Waals surface area contributed by atoms with Gasteiger partial charge < -0.3 is 16.0 Å². The molecule has 0 bridgehead atoms. The fourth-order valence-corrected chi connectivity index (χ4v) is 1.33. The van der Waals surface area contributed by atoms with Crippen molar-refractivity contribution in [1.82, 2.24) is 9.97 Å². The number of nitrogens with two attached hydrogens (primary N) is 1. The van der Waals surface area contributed by atoms with Crippen molar-refractivity contribution in [2.45, 2.75) is 0 Å². The van der Waals surface area contributed by atoms with Crippen LogP contribution in [-0.2, 0) is 0 Å². The van der Waals surface area contributed by atoms with Crippen LogP contribution in [0.15, 0.2) is 30.5 Å². The minimum atomic E-state index is 0.440. The van der Waals surface area contributed by atoms with Crippen LogP contribution in [0.1, 0.15) is 0 Å². The Labute approximate surface area is 82.2 Å². The Morgan fingerprint density at radius 3 is 2.93 bits per heavy atom. The number of rotatable bonds is 2. The van der Waals surface area contributed by atoms with Crippen molar-refractivity contribution >= 4 is 11.6 Å². The first kappa shape index (κ1) is 8.62. The molecular weight excluding hydrogens is 176 g/mol. The van der Waals surface area contributed by atoms with Crippen LogP contribution >= 0.6 is 0 Å². The van der Waals surface area contributed by atoms with Gasteiger partial charge in [0.05, 0.1) is 11.9 Å². The van der Waals surface area contributed by atoms with Crippen LogP contribution in [0, 0.1) is 0 Å². The topological polar surface area (TPSA) is 66.7 Å². The largest absolute Gasteiger partial charge is 0.388 e. The zero-order chi connectivity index (χ0) is 9.97. The highest BCUT2D eigenvalue weighted by molar-refractivity contribution is 5.65. The van der Waals surface area contributed by atoms with Gasteiger partial charge in [-0.25, -0.2) is 4.98 Å². The molecule has 0 saturated carbocycles. The molecule has 14 heavy (non-hydrogen) atoms. The number of imidazole rings is 1. The van der Waals surface area contributed by atoms with Crippen molar-refractivity contribution in [3.05, 3.63) is 30.5 Å². The smallest absolute Gasteiger partial charge is 0.197 e. The second kappa shape index (κ2) is 3.41. The molecule has 1 heterocycles. The van der Waals surface area contributed by atoms with Gasteiger partial charge >= 0.3 is 0 Å². The predicted octanol–water partition coefficient (Wildman–Crippen LogP) is 1.70. The lowest BCUT2D eigenvalue weighted by Gasteiger charge is -2.02. The minimum Gasteiger partial charge on any atom is -0.388 e. The fraction of sp³-hybridized carbons (Fsp3) is 0.100. The maximum Gasteiger partial charge on any atom is 0.197 e. The van der Waals surface area contributed by atoms with E-state index in [0.717, 1.165) is 16.9 Å². The second-order valence-corrected chi connectivity index (χ2v) is 3.01. The number of anilines is 2. The first-order chi connectivity index (χ1) is 6.79. The fourth-order valence-electron chi connectivity index (χ4n) is 1.33. The molecule has 0 saturated heterocycles.